The monoisotopic (exact) mass is 540 g/mol. The minimum atomic E-state index is -4.46. The predicted octanol–water partition coefficient (Wildman–Crippen LogP) is 2.70. The highest BCUT2D eigenvalue weighted by atomic mass is 31.2. The van der Waals surface area contributed by atoms with Crippen molar-refractivity contribution in [3.8, 4) is 0 Å². The number of H-pyrrole nitrogens is 1. The summed E-state index contributed by atoms with van der Waals surface area (Å²) in [6, 6.07) is 0.744. The van der Waals surface area contributed by atoms with Crippen LogP contribution in [-0.2, 0) is 41.8 Å². The molecule has 0 radical (unpaired) electrons. The van der Waals surface area contributed by atoms with Gasteiger partial charge in [0.15, 0.2) is 0 Å². The highest BCUT2D eigenvalue weighted by molar-refractivity contribution is 7.48. The fraction of sp³-hybridized carbons (Fsp3) is 0.700. The first-order valence-corrected chi connectivity index (χ1v) is 12.4. The van der Waals surface area contributed by atoms with Gasteiger partial charge in [0.2, 0.25) is 13.6 Å². The highest BCUT2D eigenvalue weighted by Crippen LogP contribution is 2.49. The van der Waals surface area contributed by atoms with E-state index in [0.29, 0.717) is 0 Å². The van der Waals surface area contributed by atoms with Crippen LogP contribution in [0.4, 0.5) is 9.59 Å². The second-order valence-electron chi connectivity index (χ2n) is 7.82. The Morgan fingerprint density at radius 2 is 1.47 bits per heavy atom. The molecule has 0 saturated heterocycles. The van der Waals surface area contributed by atoms with E-state index in [9.17, 15) is 23.7 Å². The topological polar surface area (TPSA) is 180 Å². The first kappa shape index (κ1) is 31.3. The number of carbonyl (C=O) groups excluding carboxylic acids is 2. The molecule has 1 rings (SSSR count). The summed E-state index contributed by atoms with van der Waals surface area (Å²) in [4.78, 5) is 48.4. The van der Waals surface area contributed by atoms with Gasteiger partial charge in [-0.05, 0) is 41.0 Å². The van der Waals surface area contributed by atoms with E-state index >= 15 is 0 Å². The Kier molecular flexibility index (Phi) is 13.4. The predicted molar refractivity (Wildman–Crippen MR) is 122 cm³/mol. The van der Waals surface area contributed by atoms with Crippen LogP contribution < -0.4 is 11.2 Å². The molecule has 0 bridgehead atoms. The van der Waals surface area contributed by atoms with Gasteiger partial charge in [-0.15, -0.1) is 0 Å². The lowest BCUT2D eigenvalue weighted by molar-refractivity contribution is -0.0522. The summed E-state index contributed by atoms with van der Waals surface area (Å²) in [7, 11) is -3.10. The van der Waals surface area contributed by atoms with Crippen LogP contribution in [0.15, 0.2) is 21.9 Å². The minimum absolute atomic E-state index is 0.191. The number of hydrogen-bond donors (Lipinski definition) is 1. The van der Waals surface area contributed by atoms with E-state index in [0.717, 1.165) is 0 Å². The average molecular weight is 540 g/mol. The van der Waals surface area contributed by atoms with Gasteiger partial charge in [0.25, 0.3) is 5.56 Å². The van der Waals surface area contributed by atoms with Crippen molar-refractivity contribution in [2.45, 2.75) is 65.4 Å². The molecule has 1 aromatic rings. The Hall–Kier alpha value is -2.71. The lowest BCUT2D eigenvalue weighted by Gasteiger charge is -2.23. The van der Waals surface area contributed by atoms with E-state index in [-0.39, 0.29) is 13.0 Å². The molecule has 0 aliphatic rings. The number of rotatable bonds is 15. The Morgan fingerprint density at radius 1 is 0.944 bits per heavy atom. The van der Waals surface area contributed by atoms with Crippen LogP contribution in [0, 0.1) is 0 Å². The molecule has 0 aliphatic carbocycles. The Balaban J connectivity index is 2.78. The van der Waals surface area contributed by atoms with E-state index in [1.54, 1.807) is 34.6 Å². The summed E-state index contributed by atoms with van der Waals surface area (Å²) < 4.78 is 53.7. The van der Waals surface area contributed by atoms with E-state index in [1.807, 2.05) is 0 Å². The van der Waals surface area contributed by atoms with Crippen molar-refractivity contribution in [1.82, 2.24) is 9.55 Å². The maximum absolute atomic E-state index is 13.0. The summed E-state index contributed by atoms with van der Waals surface area (Å²) in [5.41, 5.74) is -1.15. The second-order valence-corrected chi connectivity index (χ2v) is 9.49. The number of ether oxygens (including phenoxy) is 5. The summed E-state index contributed by atoms with van der Waals surface area (Å²) in [5.74, 6) is 0. The third-order valence-electron chi connectivity index (χ3n) is 4.12. The van der Waals surface area contributed by atoms with E-state index in [4.69, 9.17) is 27.8 Å². The van der Waals surface area contributed by atoms with Gasteiger partial charge in [0.05, 0.1) is 24.9 Å². The molecule has 0 aromatic carbocycles. The van der Waals surface area contributed by atoms with Crippen LogP contribution >= 0.6 is 7.82 Å². The third-order valence-corrected chi connectivity index (χ3v) is 5.43. The van der Waals surface area contributed by atoms with Crippen LogP contribution in [0.25, 0.3) is 0 Å². The van der Waals surface area contributed by atoms with E-state index in [1.165, 1.54) is 23.9 Å². The molecule has 2 atom stereocenters. The first-order valence-electron chi connectivity index (χ1n) is 10.9. The number of carbonyl (C=O) groups is 2. The van der Waals surface area contributed by atoms with Gasteiger partial charge in [0.1, 0.15) is 0 Å². The summed E-state index contributed by atoms with van der Waals surface area (Å²) >= 11 is 0. The quantitative estimate of drug-likeness (QED) is 0.195. The number of phosphoric ester groups is 1. The molecule has 1 aromatic heterocycles. The lowest BCUT2D eigenvalue weighted by Crippen LogP contribution is -2.33. The fourth-order valence-electron chi connectivity index (χ4n) is 2.52. The molecule has 0 fully saturated rings. The number of phosphoric acid groups is 1. The zero-order chi connectivity index (χ0) is 27.3. The van der Waals surface area contributed by atoms with Crippen molar-refractivity contribution in [2.24, 2.45) is 0 Å². The molecular weight excluding hydrogens is 507 g/mol. The minimum Gasteiger partial charge on any atom is -0.432 e. The Bertz CT molecular complexity index is 958. The second kappa shape index (κ2) is 15.4. The van der Waals surface area contributed by atoms with Gasteiger partial charge in [-0.3, -0.25) is 18.9 Å². The van der Waals surface area contributed by atoms with Gasteiger partial charge in [-0.2, -0.15) is 0 Å². The molecule has 1 N–H and O–H groups in total. The molecular formula is C20H33N2O13P. The molecule has 16 heteroatoms. The van der Waals surface area contributed by atoms with Crippen molar-refractivity contribution < 1.29 is 51.4 Å². The number of nitrogens with one attached hydrogen (secondary N) is 1. The average Bonchev–Trinajstić information content (AvgIpc) is 2.75. The Morgan fingerprint density at radius 3 is 1.92 bits per heavy atom. The third kappa shape index (κ3) is 12.3. The fourth-order valence-corrected chi connectivity index (χ4v) is 3.45. The normalized spacial score (nSPS) is 13.3. The molecule has 1 heterocycles. The van der Waals surface area contributed by atoms with E-state index < -0.39 is 69.3 Å². The SMILES string of the molecule is COC(COP(=O)(OCOC(=O)OC(C)C)OCOC(=O)OC(C)C)C[C@H](C)n1ccc(=O)[nH]c1=O. The largest absolute Gasteiger partial charge is 0.510 e. The van der Waals surface area contributed by atoms with Gasteiger partial charge in [-0.1, -0.05) is 0 Å². The number of nitrogens with zero attached hydrogens (tertiary/aromatic N) is 1. The molecule has 0 amide bonds. The van der Waals surface area contributed by atoms with Gasteiger partial charge >= 0.3 is 25.8 Å². The zero-order valence-electron chi connectivity index (χ0n) is 21.0. The van der Waals surface area contributed by atoms with Crippen LogP contribution in [0.2, 0.25) is 0 Å². The molecule has 206 valence electrons. The van der Waals surface area contributed by atoms with Crippen LogP contribution in [0.3, 0.4) is 0 Å². The summed E-state index contributed by atoms with van der Waals surface area (Å²) in [5, 5.41) is 0. The van der Waals surface area contributed by atoms with Crippen molar-refractivity contribution in [2.75, 3.05) is 27.3 Å². The maximum atomic E-state index is 13.0. The van der Waals surface area contributed by atoms with Crippen molar-refractivity contribution >= 4 is 20.1 Å². The maximum Gasteiger partial charge on any atom is 0.510 e. The Labute approximate surface area is 207 Å². The van der Waals surface area contributed by atoms with Crippen molar-refractivity contribution in [1.29, 1.82) is 0 Å². The molecule has 1 unspecified atom stereocenters. The molecule has 0 aliphatic heterocycles. The van der Waals surface area contributed by atoms with Gasteiger partial charge < -0.3 is 23.7 Å². The summed E-state index contributed by atoms with van der Waals surface area (Å²) in [6.07, 6.45) is -2.29. The standard InChI is InChI=1S/C20H33N2O13P/c1-13(2)34-19(25)29-11-32-36(27,33-12-30-20(26)35-14(3)4)31-10-16(28-6)9-15(5)22-8-7-17(23)21-18(22)24/h7-8,13-16H,9-12H2,1-6H3,(H,21,23,24)/t15-,16?/m0/s1. The van der Waals surface area contributed by atoms with E-state index in [2.05, 4.69) is 14.5 Å². The number of aromatic amines is 1. The smallest absolute Gasteiger partial charge is 0.432 e. The van der Waals surface area contributed by atoms with Crippen LogP contribution in [-0.4, -0.2) is 67.5 Å². The zero-order valence-corrected chi connectivity index (χ0v) is 21.9. The number of aromatic nitrogens is 2. The van der Waals surface area contributed by atoms with Gasteiger partial charge in [0, 0.05) is 25.4 Å². The van der Waals surface area contributed by atoms with Crippen molar-refractivity contribution in [3.05, 3.63) is 33.1 Å². The molecule has 0 saturated carbocycles. The molecule has 0 spiro atoms. The lowest BCUT2D eigenvalue weighted by atomic mass is 10.1. The number of methoxy groups -OCH3 is 1. The van der Waals surface area contributed by atoms with Crippen LogP contribution in [0.1, 0.15) is 47.1 Å². The van der Waals surface area contributed by atoms with Gasteiger partial charge in [-0.25, -0.2) is 28.0 Å². The highest BCUT2D eigenvalue weighted by Gasteiger charge is 2.31. The molecule has 36 heavy (non-hydrogen) atoms. The van der Waals surface area contributed by atoms with Crippen LogP contribution in [0.5, 0.6) is 0 Å². The summed E-state index contributed by atoms with van der Waals surface area (Å²) in [6.45, 7) is 6.00. The molecule has 15 nitrogen and oxygen atoms in total. The first-order chi connectivity index (χ1) is 16.8. The number of hydrogen-bond acceptors (Lipinski definition) is 13. The van der Waals surface area contributed by atoms with Crippen molar-refractivity contribution in [3.63, 3.8) is 0 Å².